The first-order chi connectivity index (χ1) is 10.8. The zero-order valence-corrected chi connectivity index (χ0v) is 17.8. The third-order valence-electron chi connectivity index (χ3n) is 3.26. The van der Waals surface area contributed by atoms with Crippen molar-refractivity contribution in [1.29, 1.82) is 10.5 Å². The predicted molar refractivity (Wildman–Crippen MR) is 101 cm³/mol. The van der Waals surface area contributed by atoms with Gasteiger partial charge in [-0.05, 0) is 51.8 Å². The lowest BCUT2D eigenvalue weighted by Gasteiger charge is -2.40. The Hall–Kier alpha value is -1.45. The van der Waals surface area contributed by atoms with E-state index in [0.717, 1.165) is 5.56 Å². The lowest BCUT2D eigenvalue weighted by molar-refractivity contribution is 0.0251. The van der Waals surface area contributed by atoms with Crippen molar-refractivity contribution in [3.05, 3.63) is 35.9 Å². The molecule has 4 nitrogen and oxygen atoms in total. The molecule has 6 heteroatoms. The number of nitrogens with zero attached hydrogens (tertiary/aromatic N) is 2. The summed E-state index contributed by atoms with van der Waals surface area (Å²) in [5.41, 5.74) is -1.48. The van der Waals surface area contributed by atoms with Crippen LogP contribution < -0.4 is 0 Å². The first-order valence-electron chi connectivity index (χ1n) is 8.13. The summed E-state index contributed by atoms with van der Waals surface area (Å²) in [6, 6.07) is 14.1. The van der Waals surface area contributed by atoms with Crippen molar-refractivity contribution < 1.29 is 8.85 Å². The largest absolute Gasteiger partial charge is 0.400 e. The van der Waals surface area contributed by atoms with E-state index in [4.69, 9.17) is 8.85 Å². The number of hydrogen-bond donors (Lipinski definition) is 0. The zero-order chi connectivity index (χ0) is 18.6. The summed E-state index contributed by atoms with van der Waals surface area (Å²) in [7, 11) is -4.01. The summed E-state index contributed by atoms with van der Waals surface area (Å²) >= 11 is 0. The summed E-state index contributed by atoms with van der Waals surface area (Å²) in [6.07, 6.45) is 0.186. The fourth-order valence-electron chi connectivity index (χ4n) is 2.80. The molecule has 0 saturated heterocycles. The van der Waals surface area contributed by atoms with Crippen LogP contribution in [0.5, 0.6) is 0 Å². The van der Waals surface area contributed by atoms with Gasteiger partial charge in [0.1, 0.15) is 11.7 Å². The molecule has 1 aromatic rings. The molecule has 0 aliphatic rings. The molecule has 2 unspecified atom stereocenters. The van der Waals surface area contributed by atoms with Gasteiger partial charge in [-0.25, -0.2) is 0 Å². The van der Waals surface area contributed by atoms with Crippen LogP contribution in [0.25, 0.3) is 0 Å². The lowest BCUT2D eigenvalue weighted by Crippen LogP contribution is -2.48. The minimum atomic E-state index is -2.04. The second kappa shape index (κ2) is 7.20. The quantitative estimate of drug-likeness (QED) is 0.656. The highest BCUT2D eigenvalue weighted by atomic mass is 28.4. The maximum Gasteiger partial charge on any atom is 0.186 e. The number of benzene rings is 1. The summed E-state index contributed by atoms with van der Waals surface area (Å²) in [6.45, 7) is 14.0. The maximum atomic E-state index is 10.0. The fraction of sp³-hybridized carbons (Fsp3) is 0.556. The summed E-state index contributed by atoms with van der Waals surface area (Å²) in [5, 5.41) is 19.8. The topological polar surface area (TPSA) is 66.0 Å². The van der Waals surface area contributed by atoms with Crippen LogP contribution in [0.15, 0.2) is 30.3 Å². The van der Waals surface area contributed by atoms with Gasteiger partial charge in [0.05, 0.1) is 6.07 Å². The molecular formula is C18H28N2O2Si2. The molecule has 0 spiro atoms. The van der Waals surface area contributed by atoms with Crippen LogP contribution in [0.3, 0.4) is 0 Å². The number of hydrogen-bond acceptors (Lipinski definition) is 4. The molecule has 0 aromatic heterocycles. The van der Waals surface area contributed by atoms with Gasteiger partial charge in [-0.3, -0.25) is 0 Å². The van der Waals surface area contributed by atoms with Crippen LogP contribution in [-0.2, 0) is 14.5 Å². The molecule has 2 atom stereocenters. The van der Waals surface area contributed by atoms with E-state index in [2.05, 4.69) is 12.1 Å². The first-order valence-corrected chi connectivity index (χ1v) is 14.9. The van der Waals surface area contributed by atoms with Gasteiger partial charge in [0.25, 0.3) is 0 Å². The molecular weight excluding hydrogens is 332 g/mol. The van der Waals surface area contributed by atoms with Gasteiger partial charge in [-0.1, -0.05) is 30.3 Å². The molecule has 0 fully saturated rings. The minimum Gasteiger partial charge on any atom is -0.400 e. The summed E-state index contributed by atoms with van der Waals surface area (Å²) in [4.78, 5) is 0. The fourth-order valence-corrected chi connectivity index (χ4v) is 5.55. The molecule has 24 heavy (non-hydrogen) atoms. The Morgan fingerprint density at radius 2 is 1.38 bits per heavy atom. The van der Waals surface area contributed by atoms with E-state index in [1.54, 1.807) is 6.92 Å². The Morgan fingerprint density at radius 1 is 0.875 bits per heavy atom. The van der Waals surface area contributed by atoms with Crippen LogP contribution in [0.4, 0.5) is 0 Å². The van der Waals surface area contributed by atoms with Crippen LogP contribution >= 0.6 is 0 Å². The van der Waals surface area contributed by atoms with Crippen LogP contribution in [0.1, 0.15) is 18.9 Å². The molecule has 0 saturated carbocycles. The second-order valence-corrected chi connectivity index (χ2v) is 17.1. The third kappa shape index (κ3) is 5.88. The SMILES string of the molecule is CC(C#N)(CC(C#N)(O[Si](C)(C)C)c1ccccc1)O[Si](C)(C)C. The van der Waals surface area contributed by atoms with Gasteiger partial charge >= 0.3 is 0 Å². The zero-order valence-electron chi connectivity index (χ0n) is 15.8. The highest BCUT2D eigenvalue weighted by Gasteiger charge is 2.46. The maximum absolute atomic E-state index is 10.0. The third-order valence-corrected chi connectivity index (χ3v) is 5.28. The highest BCUT2D eigenvalue weighted by Crippen LogP contribution is 2.38. The van der Waals surface area contributed by atoms with Crippen molar-refractivity contribution in [2.45, 2.75) is 63.8 Å². The Labute approximate surface area is 148 Å². The minimum absolute atomic E-state index is 0.186. The van der Waals surface area contributed by atoms with Crippen LogP contribution in [0.2, 0.25) is 39.3 Å². The molecule has 0 N–H and O–H groups in total. The van der Waals surface area contributed by atoms with Gasteiger partial charge < -0.3 is 8.85 Å². The molecule has 0 heterocycles. The molecule has 130 valence electrons. The van der Waals surface area contributed by atoms with E-state index in [-0.39, 0.29) is 6.42 Å². The molecule has 0 bridgehead atoms. The van der Waals surface area contributed by atoms with E-state index in [9.17, 15) is 10.5 Å². The van der Waals surface area contributed by atoms with Crippen LogP contribution in [0, 0.1) is 22.7 Å². The first kappa shape index (κ1) is 20.6. The van der Waals surface area contributed by atoms with E-state index in [1.807, 2.05) is 69.6 Å². The molecule has 0 aliphatic heterocycles. The Kier molecular flexibility index (Phi) is 6.18. The van der Waals surface area contributed by atoms with E-state index in [1.165, 1.54) is 0 Å². The average molecular weight is 361 g/mol. The van der Waals surface area contributed by atoms with E-state index < -0.39 is 27.8 Å². The smallest absolute Gasteiger partial charge is 0.186 e. The van der Waals surface area contributed by atoms with Gasteiger partial charge in [-0.15, -0.1) is 0 Å². The highest BCUT2D eigenvalue weighted by molar-refractivity contribution is 6.70. The molecule has 1 rings (SSSR count). The molecule has 0 aliphatic carbocycles. The normalized spacial score (nSPS) is 17.2. The molecule has 0 radical (unpaired) electrons. The van der Waals surface area contributed by atoms with Crippen LogP contribution in [-0.4, -0.2) is 22.2 Å². The number of nitriles is 2. The summed E-state index contributed by atoms with van der Waals surface area (Å²) < 4.78 is 12.5. The Balaban J connectivity index is 3.38. The summed E-state index contributed by atoms with van der Waals surface area (Å²) in [5.74, 6) is 0. The lowest BCUT2D eigenvalue weighted by atomic mass is 9.84. The Morgan fingerprint density at radius 3 is 1.75 bits per heavy atom. The van der Waals surface area contributed by atoms with Gasteiger partial charge in [-0.2, -0.15) is 10.5 Å². The number of rotatable bonds is 7. The van der Waals surface area contributed by atoms with Gasteiger partial charge in [0.2, 0.25) is 0 Å². The van der Waals surface area contributed by atoms with Crippen molar-refractivity contribution in [2.24, 2.45) is 0 Å². The predicted octanol–water partition coefficient (Wildman–Crippen LogP) is 4.78. The monoisotopic (exact) mass is 360 g/mol. The molecule has 1 aromatic carbocycles. The standard InChI is InChI=1S/C18H28N2O2Si2/c1-17(14-19,21-23(2,3)4)13-18(15-20,22-24(5,6)7)16-11-9-8-10-12-16/h8-12H,13H2,1-7H3. The Bertz CT molecular complexity index is 638. The van der Waals surface area contributed by atoms with E-state index >= 15 is 0 Å². The van der Waals surface area contributed by atoms with E-state index in [0.29, 0.717) is 0 Å². The average Bonchev–Trinajstić information content (AvgIpc) is 2.44. The van der Waals surface area contributed by atoms with Gasteiger partial charge in [0, 0.05) is 6.42 Å². The van der Waals surface area contributed by atoms with Crippen molar-refractivity contribution in [3.63, 3.8) is 0 Å². The van der Waals surface area contributed by atoms with Crippen molar-refractivity contribution >= 4 is 16.6 Å². The second-order valence-electron chi connectivity index (χ2n) is 8.25. The van der Waals surface area contributed by atoms with Crippen molar-refractivity contribution in [3.8, 4) is 12.1 Å². The van der Waals surface area contributed by atoms with Gasteiger partial charge in [0.15, 0.2) is 22.2 Å². The van der Waals surface area contributed by atoms with Crippen molar-refractivity contribution in [1.82, 2.24) is 0 Å². The molecule has 0 amide bonds. The van der Waals surface area contributed by atoms with Crippen molar-refractivity contribution in [2.75, 3.05) is 0 Å².